The fraction of sp³-hybridized carbons (Fsp3) is 0.200. The Morgan fingerprint density at radius 2 is 1.02 bits per heavy atom. The predicted molar refractivity (Wildman–Crippen MR) is 182 cm³/mol. The van der Waals surface area contributed by atoms with Crippen molar-refractivity contribution in [3.63, 3.8) is 0 Å². The van der Waals surface area contributed by atoms with Gasteiger partial charge in [0.2, 0.25) is 0 Å². The van der Waals surface area contributed by atoms with Crippen molar-refractivity contribution in [1.29, 1.82) is 0 Å². The fourth-order valence-electron chi connectivity index (χ4n) is 5.46. The van der Waals surface area contributed by atoms with Crippen molar-refractivity contribution < 1.29 is 9.47 Å². The Kier molecular flexibility index (Phi) is 9.32. The van der Waals surface area contributed by atoms with Crippen LogP contribution in [0.25, 0.3) is 11.6 Å². The molecule has 0 N–H and O–H groups in total. The molecule has 0 aliphatic rings. The maximum Gasteiger partial charge on any atom is 0.119 e. The van der Waals surface area contributed by atoms with Crippen LogP contribution in [0.15, 0.2) is 127 Å². The zero-order valence-electron chi connectivity index (χ0n) is 25.9. The van der Waals surface area contributed by atoms with E-state index in [9.17, 15) is 0 Å². The smallest absolute Gasteiger partial charge is 0.119 e. The van der Waals surface area contributed by atoms with Crippen molar-refractivity contribution in [2.24, 2.45) is 0 Å². The Balaban J connectivity index is 1.53. The molecular weight excluding hydrogens is 526 g/mol. The van der Waals surface area contributed by atoms with Crippen LogP contribution in [0.2, 0.25) is 0 Å². The van der Waals surface area contributed by atoms with Crippen LogP contribution in [0.4, 0.5) is 17.1 Å². The van der Waals surface area contributed by atoms with Gasteiger partial charge >= 0.3 is 0 Å². The molecule has 0 heterocycles. The first kappa shape index (κ1) is 29.7. The predicted octanol–water partition coefficient (Wildman–Crippen LogP) is 10.8. The van der Waals surface area contributed by atoms with Crippen molar-refractivity contribution >= 4 is 28.7 Å². The van der Waals surface area contributed by atoms with Crippen molar-refractivity contribution in [3.05, 3.63) is 150 Å². The molecule has 0 bridgehead atoms. The normalized spacial score (nSPS) is 11.7. The third kappa shape index (κ3) is 6.67. The van der Waals surface area contributed by atoms with E-state index in [-0.39, 0.29) is 5.41 Å². The van der Waals surface area contributed by atoms with Crippen LogP contribution in [0, 0.1) is 0 Å². The molecule has 0 atom stereocenters. The summed E-state index contributed by atoms with van der Waals surface area (Å²) >= 11 is 0. The molecule has 3 heteroatoms. The van der Waals surface area contributed by atoms with E-state index in [1.165, 1.54) is 22.3 Å². The zero-order valence-corrected chi connectivity index (χ0v) is 25.9. The van der Waals surface area contributed by atoms with Gasteiger partial charge in [-0.25, -0.2) is 0 Å². The minimum absolute atomic E-state index is 0.199. The van der Waals surface area contributed by atoms with Gasteiger partial charge in [-0.3, -0.25) is 0 Å². The lowest BCUT2D eigenvalue weighted by atomic mass is 9.77. The van der Waals surface area contributed by atoms with Crippen molar-refractivity contribution in [2.45, 2.75) is 39.0 Å². The monoisotopic (exact) mass is 567 g/mol. The van der Waals surface area contributed by atoms with E-state index in [1.807, 2.05) is 24.3 Å². The first-order valence-electron chi connectivity index (χ1n) is 15.0. The average Bonchev–Trinajstić information content (AvgIpc) is 3.08. The standard InChI is InChI=1S/C40H41NO2/c1-6-40(3,7-2)33-17-15-32(16-18-33)39(31-11-9-8-10-12-31)29-30-13-19-34(20-14-30)41(35-21-25-37(42-4)26-22-35)36-23-27-38(43-5)28-24-36/h8-29H,6-7H2,1-5H3/b39-29+. The van der Waals surface area contributed by atoms with E-state index in [4.69, 9.17) is 9.47 Å². The highest BCUT2D eigenvalue weighted by molar-refractivity contribution is 5.92. The molecule has 0 saturated heterocycles. The van der Waals surface area contributed by atoms with Crippen LogP contribution >= 0.6 is 0 Å². The molecule has 0 aliphatic carbocycles. The molecule has 0 aliphatic heterocycles. The first-order valence-corrected chi connectivity index (χ1v) is 15.0. The molecule has 43 heavy (non-hydrogen) atoms. The molecule has 5 aromatic rings. The summed E-state index contributed by atoms with van der Waals surface area (Å²) < 4.78 is 10.8. The molecule has 0 aromatic heterocycles. The summed E-state index contributed by atoms with van der Waals surface area (Å²) in [7, 11) is 3.38. The minimum Gasteiger partial charge on any atom is -0.497 e. The zero-order chi connectivity index (χ0) is 30.2. The SMILES string of the molecule is CCC(C)(CC)c1ccc(/C(=C/c2ccc(N(c3ccc(OC)cc3)c3ccc(OC)cc3)cc2)c2ccccc2)cc1. The Labute approximate surface area is 257 Å². The van der Waals surface area contributed by atoms with Gasteiger partial charge in [0.15, 0.2) is 0 Å². The Bertz CT molecular complexity index is 1570. The van der Waals surface area contributed by atoms with Gasteiger partial charge in [-0.2, -0.15) is 0 Å². The van der Waals surface area contributed by atoms with Crippen LogP contribution in [-0.2, 0) is 5.41 Å². The molecule has 218 valence electrons. The molecule has 0 saturated carbocycles. The largest absolute Gasteiger partial charge is 0.497 e. The lowest BCUT2D eigenvalue weighted by Gasteiger charge is -2.27. The van der Waals surface area contributed by atoms with E-state index in [0.29, 0.717) is 0 Å². The van der Waals surface area contributed by atoms with Gasteiger partial charge in [-0.05, 0) is 113 Å². The van der Waals surface area contributed by atoms with Gasteiger partial charge in [0.1, 0.15) is 11.5 Å². The maximum atomic E-state index is 5.41. The highest BCUT2D eigenvalue weighted by Gasteiger charge is 2.22. The van der Waals surface area contributed by atoms with Crippen LogP contribution < -0.4 is 14.4 Å². The average molecular weight is 568 g/mol. The van der Waals surface area contributed by atoms with E-state index < -0.39 is 0 Å². The second kappa shape index (κ2) is 13.5. The minimum atomic E-state index is 0.199. The van der Waals surface area contributed by atoms with Crippen LogP contribution in [0.5, 0.6) is 11.5 Å². The van der Waals surface area contributed by atoms with Crippen molar-refractivity contribution in [2.75, 3.05) is 19.1 Å². The van der Waals surface area contributed by atoms with E-state index in [2.05, 4.69) is 135 Å². The molecule has 0 unspecified atom stereocenters. The molecule has 0 fully saturated rings. The maximum absolute atomic E-state index is 5.41. The molecule has 0 spiro atoms. The van der Waals surface area contributed by atoms with Gasteiger partial charge in [-0.15, -0.1) is 0 Å². The highest BCUT2D eigenvalue weighted by atomic mass is 16.5. The molecule has 0 amide bonds. The number of ether oxygens (including phenoxy) is 2. The first-order chi connectivity index (χ1) is 21.0. The number of benzene rings is 5. The summed E-state index contributed by atoms with van der Waals surface area (Å²) in [4.78, 5) is 2.24. The van der Waals surface area contributed by atoms with E-state index in [0.717, 1.165) is 47.0 Å². The Morgan fingerprint density at radius 3 is 1.47 bits per heavy atom. The van der Waals surface area contributed by atoms with Gasteiger partial charge < -0.3 is 14.4 Å². The van der Waals surface area contributed by atoms with Gasteiger partial charge in [0.25, 0.3) is 0 Å². The second-order valence-electron chi connectivity index (χ2n) is 11.1. The molecule has 0 radical (unpaired) electrons. The fourth-order valence-corrected chi connectivity index (χ4v) is 5.46. The third-order valence-electron chi connectivity index (χ3n) is 8.66. The summed E-state index contributed by atoms with van der Waals surface area (Å²) in [5.74, 6) is 1.66. The topological polar surface area (TPSA) is 21.7 Å². The Morgan fingerprint density at radius 1 is 0.581 bits per heavy atom. The lowest BCUT2D eigenvalue weighted by Crippen LogP contribution is -2.19. The Hall–Kier alpha value is -4.76. The second-order valence-corrected chi connectivity index (χ2v) is 11.1. The van der Waals surface area contributed by atoms with Gasteiger partial charge in [0.05, 0.1) is 14.2 Å². The van der Waals surface area contributed by atoms with Crippen LogP contribution in [0.3, 0.4) is 0 Å². The van der Waals surface area contributed by atoms with Crippen LogP contribution in [-0.4, -0.2) is 14.2 Å². The van der Waals surface area contributed by atoms with E-state index in [1.54, 1.807) is 14.2 Å². The van der Waals surface area contributed by atoms with Crippen molar-refractivity contribution in [3.8, 4) is 11.5 Å². The molecule has 3 nitrogen and oxygen atoms in total. The quantitative estimate of drug-likeness (QED) is 0.148. The summed E-state index contributed by atoms with van der Waals surface area (Å²) in [6.07, 6.45) is 4.54. The number of hydrogen-bond donors (Lipinski definition) is 0. The number of nitrogens with zero attached hydrogens (tertiary/aromatic N) is 1. The molecule has 5 aromatic carbocycles. The molecule has 5 rings (SSSR count). The van der Waals surface area contributed by atoms with E-state index >= 15 is 0 Å². The summed E-state index contributed by atoms with van der Waals surface area (Å²) in [6.45, 7) is 6.92. The summed E-state index contributed by atoms with van der Waals surface area (Å²) in [6, 6.07) is 44.9. The number of rotatable bonds is 11. The third-order valence-corrected chi connectivity index (χ3v) is 8.66. The summed E-state index contributed by atoms with van der Waals surface area (Å²) in [5, 5.41) is 0. The number of hydrogen-bond acceptors (Lipinski definition) is 3. The van der Waals surface area contributed by atoms with Crippen molar-refractivity contribution in [1.82, 2.24) is 0 Å². The van der Waals surface area contributed by atoms with Gasteiger partial charge in [-0.1, -0.05) is 87.5 Å². The van der Waals surface area contributed by atoms with Gasteiger partial charge in [0, 0.05) is 17.1 Å². The number of methoxy groups -OCH3 is 2. The van der Waals surface area contributed by atoms with Crippen LogP contribution in [0.1, 0.15) is 55.9 Å². The summed E-state index contributed by atoms with van der Waals surface area (Å²) in [5.41, 5.74) is 9.52. The highest BCUT2D eigenvalue weighted by Crippen LogP contribution is 2.37. The number of anilines is 3. The lowest BCUT2D eigenvalue weighted by molar-refractivity contribution is 0.415. The molecular formula is C40H41NO2.